The van der Waals surface area contributed by atoms with Crippen LogP contribution in [0.25, 0.3) is 10.8 Å². The molecule has 1 amide bonds. The topological polar surface area (TPSA) is 73.9 Å². The second-order valence-electron chi connectivity index (χ2n) is 4.56. The van der Waals surface area contributed by atoms with Crippen LogP contribution >= 0.6 is 0 Å². The van der Waals surface area contributed by atoms with Crippen molar-refractivity contribution in [2.75, 3.05) is 20.3 Å². The standard InChI is InChI=1S/C17H17NO5/c1-3-16(19)22-9-8-18-17(20)23-15-7-5-12-10-14(21-2)6-4-13(12)11-15/h3-7,10-11H,1,8-9H2,2H3,(H,18,20). The predicted octanol–water partition coefficient (Wildman–Crippen LogP) is 2.67. The second-order valence-corrected chi connectivity index (χ2v) is 4.56. The van der Waals surface area contributed by atoms with E-state index in [-0.39, 0.29) is 13.2 Å². The molecule has 6 nitrogen and oxygen atoms in total. The van der Waals surface area contributed by atoms with Gasteiger partial charge in [0, 0.05) is 6.08 Å². The number of nitrogens with one attached hydrogen (secondary N) is 1. The van der Waals surface area contributed by atoms with Crippen molar-refractivity contribution in [2.24, 2.45) is 0 Å². The minimum atomic E-state index is -0.618. The summed E-state index contributed by atoms with van der Waals surface area (Å²) in [5.74, 6) is 0.645. The molecule has 0 spiro atoms. The lowest BCUT2D eigenvalue weighted by atomic mass is 10.1. The molecular formula is C17H17NO5. The van der Waals surface area contributed by atoms with E-state index in [2.05, 4.69) is 11.9 Å². The summed E-state index contributed by atoms with van der Waals surface area (Å²) in [6.07, 6.45) is 0.440. The fraction of sp³-hybridized carbons (Fsp3) is 0.176. The largest absolute Gasteiger partial charge is 0.497 e. The minimum absolute atomic E-state index is 0.0530. The SMILES string of the molecule is C=CC(=O)OCCNC(=O)Oc1ccc2cc(OC)ccc2c1. The van der Waals surface area contributed by atoms with Crippen LogP contribution in [0.15, 0.2) is 49.1 Å². The first-order valence-corrected chi connectivity index (χ1v) is 6.95. The van der Waals surface area contributed by atoms with E-state index in [1.165, 1.54) is 0 Å². The van der Waals surface area contributed by atoms with Gasteiger partial charge in [-0.05, 0) is 35.0 Å². The molecule has 0 saturated carbocycles. The Morgan fingerprint density at radius 1 is 1.13 bits per heavy atom. The van der Waals surface area contributed by atoms with Gasteiger partial charge in [-0.1, -0.05) is 18.7 Å². The molecule has 0 unspecified atom stereocenters. The molecule has 0 aliphatic carbocycles. The molecule has 0 bridgehead atoms. The molecule has 23 heavy (non-hydrogen) atoms. The highest BCUT2D eigenvalue weighted by Gasteiger charge is 2.06. The van der Waals surface area contributed by atoms with Gasteiger partial charge in [-0.15, -0.1) is 0 Å². The molecule has 0 radical (unpaired) electrons. The highest BCUT2D eigenvalue weighted by atomic mass is 16.6. The van der Waals surface area contributed by atoms with Crippen molar-refractivity contribution in [2.45, 2.75) is 0 Å². The molecule has 6 heteroatoms. The van der Waals surface area contributed by atoms with Crippen LogP contribution in [0.4, 0.5) is 4.79 Å². The Balaban J connectivity index is 1.89. The molecule has 0 aromatic heterocycles. The van der Waals surface area contributed by atoms with Gasteiger partial charge in [0.2, 0.25) is 0 Å². The molecule has 120 valence electrons. The summed E-state index contributed by atoms with van der Waals surface area (Å²) in [4.78, 5) is 22.5. The summed E-state index contributed by atoms with van der Waals surface area (Å²) in [5, 5.41) is 4.39. The van der Waals surface area contributed by atoms with Gasteiger partial charge in [0.15, 0.2) is 0 Å². The maximum absolute atomic E-state index is 11.6. The number of benzene rings is 2. The molecule has 2 aromatic rings. The fourth-order valence-electron chi connectivity index (χ4n) is 1.90. The lowest BCUT2D eigenvalue weighted by Crippen LogP contribution is -2.30. The van der Waals surface area contributed by atoms with E-state index >= 15 is 0 Å². The zero-order valence-corrected chi connectivity index (χ0v) is 12.7. The Labute approximate surface area is 133 Å². The van der Waals surface area contributed by atoms with Crippen molar-refractivity contribution in [1.82, 2.24) is 5.32 Å². The van der Waals surface area contributed by atoms with E-state index < -0.39 is 12.1 Å². The quantitative estimate of drug-likeness (QED) is 0.504. The molecule has 0 fully saturated rings. The zero-order chi connectivity index (χ0) is 16.7. The van der Waals surface area contributed by atoms with Crippen LogP contribution in [0.3, 0.4) is 0 Å². The molecule has 1 N–H and O–H groups in total. The summed E-state index contributed by atoms with van der Waals surface area (Å²) >= 11 is 0. The van der Waals surface area contributed by atoms with Gasteiger partial charge in [-0.3, -0.25) is 0 Å². The average Bonchev–Trinajstić information content (AvgIpc) is 2.57. The number of ether oxygens (including phenoxy) is 3. The number of fused-ring (bicyclic) bond motifs is 1. The van der Waals surface area contributed by atoms with Gasteiger partial charge < -0.3 is 19.5 Å². The van der Waals surface area contributed by atoms with Crippen molar-refractivity contribution in [3.63, 3.8) is 0 Å². The highest BCUT2D eigenvalue weighted by molar-refractivity contribution is 5.86. The maximum Gasteiger partial charge on any atom is 0.412 e. The number of carbonyl (C=O) groups is 2. The van der Waals surface area contributed by atoms with E-state index in [0.29, 0.717) is 5.75 Å². The van der Waals surface area contributed by atoms with E-state index in [1.54, 1.807) is 19.2 Å². The first kappa shape index (κ1) is 16.4. The molecule has 0 aliphatic heterocycles. The Morgan fingerprint density at radius 3 is 2.43 bits per heavy atom. The molecule has 0 heterocycles. The zero-order valence-electron chi connectivity index (χ0n) is 12.7. The van der Waals surface area contributed by atoms with Gasteiger partial charge in [0.25, 0.3) is 0 Å². The first-order valence-electron chi connectivity index (χ1n) is 6.95. The van der Waals surface area contributed by atoms with E-state index in [1.807, 2.05) is 24.3 Å². The van der Waals surface area contributed by atoms with Crippen LogP contribution in [-0.2, 0) is 9.53 Å². The van der Waals surface area contributed by atoms with Crippen LogP contribution in [0.1, 0.15) is 0 Å². The lowest BCUT2D eigenvalue weighted by Gasteiger charge is -2.08. The van der Waals surface area contributed by atoms with Crippen molar-refractivity contribution in [3.8, 4) is 11.5 Å². The van der Waals surface area contributed by atoms with Crippen LogP contribution in [-0.4, -0.2) is 32.3 Å². The summed E-state index contributed by atoms with van der Waals surface area (Å²) < 4.78 is 15.1. The molecule has 2 aromatic carbocycles. The average molecular weight is 315 g/mol. The van der Waals surface area contributed by atoms with Crippen LogP contribution in [0, 0.1) is 0 Å². The molecule has 0 aliphatic rings. The smallest absolute Gasteiger partial charge is 0.412 e. The highest BCUT2D eigenvalue weighted by Crippen LogP contribution is 2.24. The molecule has 2 rings (SSSR count). The Bertz CT molecular complexity index is 726. The third-order valence-electron chi connectivity index (χ3n) is 3.01. The summed E-state index contributed by atoms with van der Waals surface area (Å²) in [5.41, 5.74) is 0. The Kier molecular flexibility index (Phi) is 5.57. The van der Waals surface area contributed by atoms with E-state index in [4.69, 9.17) is 14.2 Å². The Morgan fingerprint density at radius 2 is 1.78 bits per heavy atom. The second kappa shape index (κ2) is 7.84. The number of rotatable bonds is 6. The van der Waals surface area contributed by atoms with Crippen molar-refractivity contribution >= 4 is 22.8 Å². The lowest BCUT2D eigenvalue weighted by molar-refractivity contribution is -0.137. The number of hydrogen-bond acceptors (Lipinski definition) is 5. The van der Waals surface area contributed by atoms with E-state index in [9.17, 15) is 9.59 Å². The van der Waals surface area contributed by atoms with Gasteiger partial charge in [-0.2, -0.15) is 0 Å². The third kappa shape index (κ3) is 4.74. The van der Waals surface area contributed by atoms with Crippen LogP contribution in [0.5, 0.6) is 11.5 Å². The van der Waals surface area contributed by atoms with Crippen LogP contribution in [0.2, 0.25) is 0 Å². The number of carbonyl (C=O) groups excluding carboxylic acids is 2. The number of esters is 1. The van der Waals surface area contributed by atoms with Crippen molar-refractivity contribution in [1.29, 1.82) is 0 Å². The van der Waals surface area contributed by atoms with Crippen LogP contribution < -0.4 is 14.8 Å². The Hall–Kier alpha value is -3.02. The summed E-state index contributed by atoms with van der Waals surface area (Å²) in [6.45, 7) is 3.48. The first-order chi connectivity index (χ1) is 11.1. The fourth-order valence-corrected chi connectivity index (χ4v) is 1.90. The number of amides is 1. The van der Waals surface area contributed by atoms with Gasteiger partial charge in [0.05, 0.1) is 13.7 Å². The normalized spacial score (nSPS) is 9.96. The molecular weight excluding hydrogens is 298 g/mol. The third-order valence-corrected chi connectivity index (χ3v) is 3.01. The van der Waals surface area contributed by atoms with Crippen molar-refractivity contribution in [3.05, 3.63) is 49.1 Å². The summed E-state index contributed by atoms with van der Waals surface area (Å²) in [7, 11) is 1.61. The van der Waals surface area contributed by atoms with Crippen molar-refractivity contribution < 1.29 is 23.8 Å². The summed E-state index contributed by atoms with van der Waals surface area (Å²) in [6, 6.07) is 10.9. The van der Waals surface area contributed by atoms with Gasteiger partial charge in [0.1, 0.15) is 18.1 Å². The van der Waals surface area contributed by atoms with Gasteiger partial charge >= 0.3 is 12.1 Å². The number of methoxy groups -OCH3 is 1. The molecule has 0 saturated heterocycles. The maximum atomic E-state index is 11.6. The monoisotopic (exact) mass is 315 g/mol. The van der Waals surface area contributed by atoms with E-state index in [0.717, 1.165) is 22.6 Å². The molecule has 0 atom stereocenters. The minimum Gasteiger partial charge on any atom is -0.497 e. The van der Waals surface area contributed by atoms with Gasteiger partial charge in [-0.25, -0.2) is 9.59 Å². The predicted molar refractivity (Wildman–Crippen MR) is 85.7 cm³/mol. The number of hydrogen-bond donors (Lipinski definition) is 1.